The summed E-state index contributed by atoms with van der Waals surface area (Å²) < 4.78 is 59.7. The van der Waals surface area contributed by atoms with Crippen LogP contribution < -0.4 is 14.4 Å². The Bertz CT molecular complexity index is 1140. The molecule has 1 N–H and O–H groups in total. The second-order valence-corrected chi connectivity index (χ2v) is 8.03. The molecular formula is C21H18F2N2O4S. The van der Waals surface area contributed by atoms with E-state index in [0.29, 0.717) is 17.5 Å². The highest BCUT2D eigenvalue weighted by atomic mass is 32.2. The SMILES string of the molecule is COc1ccc(N(CC(=O)Nc2ccccc2)S(=O)(=O)c2ccc(F)cc2F)cc1. The molecule has 0 aliphatic carbocycles. The van der Waals surface area contributed by atoms with Gasteiger partial charge in [-0.1, -0.05) is 18.2 Å². The molecule has 0 unspecified atom stereocenters. The van der Waals surface area contributed by atoms with Crippen molar-refractivity contribution in [3.8, 4) is 5.75 Å². The van der Waals surface area contributed by atoms with E-state index in [0.717, 1.165) is 16.4 Å². The van der Waals surface area contributed by atoms with Gasteiger partial charge in [-0.15, -0.1) is 0 Å². The predicted octanol–water partition coefficient (Wildman–Crippen LogP) is 3.81. The van der Waals surface area contributed by atoms with Crippen LogP contribution in [-0.2, 0) is 14.8 Å². The summed E-state index contributed by atoms with van der Waals surface area (Å²) in [5, 5.41) is 2.59. The van der Waals surface area contributed by atoms with Crippen LogP contribution in [0.1, 0.15) is 0 Å². The summed E-state index contributed by atoms with van der Waals surface area (Å²) >= 11 is 0. The van der Waals surface area contributed by atoms with Crippen molar-refractivity contribution in [1.29, 1.82) is 0 Å². The number of nitrogens with one attached hydrogen (secondary N) is 1. The Balaban J connectivity index is 1.99. The third-order valence-electron chi connectivity index (χ3n) is 4.17. The number of ether oxygens (including phenoxy) is 1. The molecule has 9 heteroatoms. The summed E-state index contributed by atoms with van der Waals surface area (Å²) in [4.78, 5) is 11.8. The quantitative estimate of drug-likeness (QED) is 0.616. The van der Waals surface area contributed by atoms with Crippen molar-refractivity contribution in [2.45, 2.75) is 4.90 Å². The molecule has 6 nitrogen and oxygen atoms in total. The smallest absolute Gasteiger partial charge is 0.267 e. The second-order valence-electron chi connectivity index (χ2n) is 6.20. The number of carbonyl (C=O) groups is 1. The third-order valence-corrected chi connectivity index (χ3v) is 5.97. The Labute approximate surface area is 172 Å². The van der Waals surface area contributed by atoms with E-state index in [1.165, 1.54) is 31.4 Å². The van der Waals surface area contributed by atoms with Crippen molar-refractivity contribution in [2.75, 3.05) is 23.3 Å². The fourth-order valence-corrected chi connectivity index (χ4v) is 4.19. The molecule has 0 saturated carbocycles. The largest absolute Gasteiger partial charge is 0.497 e. The minimum atomic E-state index is -4.52. The maximum absolute atomic E-state index is 14.3. The van der Waals surface area contributed by atoms with Gasteiger partial charge < -0.3 is 10.1 Å². The zero-order valence-corrected chi connectivity index (χ0v) is 16.7. The molecule has 0 aromatic heterocycles. The molecule has 0 spiro atoms. The van der Waals surface area contributed by atoms with Gasteiger partial charge >= 0.3 is 0 Å². The van der Waals surface area contributed by atoms with Crippen molar-refractivity contribution in [3.63, 3.8) is 0 Å². The molecule has 0 aliphatic heterocycles. The third kappa shape index (κ3) is 4.74. The van der Waals surface area contributed by atoms with E-state index in [1.807, 2.05) is 0 Å². The molecule has 3 aromatic rings. The van der Waals surface area contributed by atoms with E-state index in [9.17, 15) is 22.0 Å². The number of hydrogen-bond donors (Lipinski definition) is 1. The van der Waals surface area contributed by atoms with Gasteiger partial charge in [0.05, 0.1) is 12.8 Å². The van der Waals surface area contributed by atoms with Gasteiger partial charge in [0, 0.05) is 11.8 Å². The zero-order valence-electron chi connectivity index (χ0n) is 15.9. The molecule has 0 heterocycles. The van der Waals surface area contributed by atoms with Gasteiger partial charge in [0.2, 0.25) is 5.91 Å². The minimum Gasteiger partial charge on any atom is -0.497 e. The zero-order chi connectivity index (χ0) is 21.7. The molecule has 156 valence electrons. The van der Waals surface area contributed by atoms with Crippen LogP contribution in [0.25, 0.3) is 0 Å². The van der Waals surface area contributed by atoms with Gasteiger partial charge in [0.25, 0.3) is 10.0 Å². The van der Waals surface area contributed by atoms with E-state index < -0.39 is 39.0 Å². The standard InChI is InChI=1S/C21H18F2N2O4S/c1-29-18-10-8-17(9-11-18)25(14-21(26)24-16-5-3-2-4-6-16)30(27,28)20-12-7-15(22)13-19(20)23/h2-13H,14H2,1H3,(H,24,26). The summed E-state index contributed by atoms with van der Waals surface area (Å²) in [6.07, 6.45) is 0. The van der Waals surface area contributed by atoms with Crippen molar-refractivity contribution < 1.29 is 26.7 Å². The van der Waals surface area contributed by atoms with Gasteiger partial charge in [-0.25, -0.2) is 17.2 Å². The fourth-order valence-electron chi connectivity index (χ4n) is 2.72. The number of halogens is 2. The number of rotatable bonds is 7. The van der Waals surface area contributed by atoms with E-state index in [1.54, 1.807) is 30.3 Å². The molecule has 30 heavy (non-hydrogen) atoms. The van der Waals surface area contributed by atoms with Gasteiger partial charge in [-0.05, 0) is 48.5 Å². The molecule has 0 atom stereocenters. The van der Waals surface area contributed by atoms with Crippen LogP contribution in [0.15, 0.2) is 77.7 Å². The average Bonchev–Trinajstić information content (AvgIpc) is 2.72. The molecule has 3 rings (SSSR count). The van der Waals surface area contributed by atoms with Crippen LogP contribution in [0.3, 0.4) is 0 Å². The Kier molecular flexibility index (Phi) is 6.31. The Hall–Kier alpha value is -3.46. The Morgan fingerprint density at radius 1 is 1.00 bits per heavy atom. The lowest BCUT2D eigenvalue weighted by Gasteiger charge is -2.24. The maximum Gasteiger partial charge on any atom is 0.267 e. The first kappa shape index (κ1) is 21.3. The Morgan fingerprint density at radius 2 is 1.67 bits per heavy atom. The molecule has 3 aromatic carbocycles. The number of anilines is 2. The summed E-state index contributed by atoms with van der Waals surface area (Å²) in [5.41, 5.74) is 0.588. The number of carbonyl (C=O) groups excluding carboxylic acids is 1. The summed E-state index contributed by atoms with van der Waals surface area (Å²) in [6, 6.07) is 16.5. The highest BCUT2D eigenvalue weighted by Gasteiger charge is 2.30. The lowest BCUT2D eigenvalue weighted by Crippen LogP contribution is -2.38. The van der Waals surface area contributed by atoms with Gasteiger partial charge in [0.15, 0.2) is 0 Å². The summed E-state index contributed by atoms with van der Waals surface area (Å²) in [5.74, 6) is -2.33. The van der Waals surface area contributed by atoms with Crippen molar-refractivity contribution >= 4 is 27.3 Å². The molecule has 0 aliphatic rings. The summed E-state index contributed by atoms with van der Waals surface area (Å²) in [7, 11) is -3.07. The average molecular weight is 432 g/mol. The van der Waals surface area contributed by atoms with Gasteiger partial charge in [-0.3, -0.25) is 9.10 Å². The predicted molar refractivity (Wildman–Crippen MR) is 109 cm³/mol. The highest BCUT2D eigenvalue weighted by Crippen LogP contribution is 2.27. The number of benzene rings is 3. The van der Waals surface area contributed by atoms with Crippen LogP contribution in [0.4, 0.5) is 20.2 Å². The van der Waals surface area contributed by atoms with Crippen LogP contribution in [0.2, 0.25) is 0 Å². The highest BCUT2D eigenvalue weighted by molar-refractivity contribution is 7.92. The molecule has 0 fully saturated rings. The maximum atomic E-state index is 14.3. The first-order chi connectivity index (χ1) is 14.3. The number of sulfonamides is 1. The topological polar surface area (TPSA) is 75.7 Å². The fraction of sp³-hybridized carbons (Fsp3) is 0.0952. The van der Waals surface area contributed by atoms with E-state index in [2.05, 4.69) is 5.32 Å². The lowest BCUT2D eigenvalue weighted by molar-refractivity contribution is -0.114. The number of nitrogens with zero attached hydrogens (tertiary/aromatic N) is 1. The number of para-hydroxylation sites is 1. The molecule has 0 saturated heterocycles. The van der Waals surface area contributed by atoms with Crippen molar-refractivity contribution in [1.82, 2.24) is 0 Å². The number of methoxy groups -OCH3 is 1. The lowest BCUT2D eigenvalue weighted by atomic mass is 10.3. The first-order valence-electron chi connectivity index (χ1n) is 8.78. The molecule has 0 bridgehead atoms. The van der Waals surface area contributed by atoms with E-state index >= 15 is 0 Å². The van der Waals surface area contributed by atoms with E-state index in [4.69, 9.17) is 4.74 Å². The van der Waals surface area contributed by atoms with Crippen LogP contribution in [-0.4, -0.2) is 28.0 Å². The van der Waals surface area contributed by atoms with Crippen molar-refractivity contribution in [3.05, 3.63) is 84.4 Å². The molecule has 0 radical (unpaired) electrons. The van der Waals surface area contributed by atoms with E-state index in [-0.39, 0.29) is 5.69 Å². The molecular weight excluding hydrogens is 414 g/mol. The van der Waals surface area contributed by atoms with Crippen LogP contribution >= 0.6 is 0 Å². The first-order valence-corrected chi connectivity index (χ1v) is 10.2. The summed E-state index contributed by atoms with van der Waals surface area (Å²) in [6.45, 7) is -0.625. The van der Waals surface area contributed by atoms with Crippen molar-refractivity contribution in [2.24, 2.45) is 0 Å². The number of amides is 1. The molecule has 1 amide bonds. The number of hydrogen-bond acceptors (Lipinski definition) is 4. The van der Waals surface area contributed by atoms with Gasteiger partial charge in [-0.2, -0.15) is 0 Å². The Morgan fingerprint density at radius 3 is 2.27 bits per heavy atom. The van der Waals surface area contributed by atoms with Gasteiger partial charge in [0.1, 0.15) is 28.8 Å². The monoisotopic (exact) mass is 432 g/mol. The van der Waals surface area contributed by atoms with Crippen LogP contribution in [0.5, 0.6) is 5.75 Å². The van der Waals surface area contributed by atoms with Crippen LogP contribution in [0, 0.1) is 11.6 Å². The minimum absolute atomic E-state index is 0.114. The normalized spacial score (nSPS) is 11.0. The second kappa shape index (κ2) is 8.91.